The van der Waals surface area contributed by atoms with E-state index in [9.17, 15) is 4.79 Å². The van der Waals surface area contributed by atoms with E-state index in [1.165, 1.54) is 23.1 Å². The predicted octanol–water partition coefficient (Wildman–Crippen LogP) is 5.08. The summed E-state index contributed by atoms with van der Waals surface area (Å²) >= 11 is 8.44. The summed E-state index contributed by atoms with van der Waals surface area (Å²) in [6.45, 7) is 2.04. The molecule has 1 saturated carbocycles. The van der Waals surface area contributed by atoms with Crippen LogP contribution in [0, 0.1) is 10.9 Å². The van der Waals surface area contributed by atoms with Crippen LogP contribution < -0.4 is 5.32 Å². The summed E-state index contributed by atoms with van der Waals surface area (Å²) in [5.41, 5.74) is 3.06. The summed E-state index contributed by atoms with van der Waals surface area (Å²) in [6, 6.07) is 18.2. The van der Waals surface area contributed by atoms with Crippen molar-refractivity contribution in [2.75, 3.05) is 0 Å². The molecule has 3 aromatic rings. The van der Waals surface area contributed by atoms with Crippen LogP contribution in [-0.4, -0.2) is 21.7 Å². The average Bonchev–Trinajstić information content (AvgIpc) is 3.41. The van der Waals surface area contributed by atoms with Crippen LogP contribution in [0.15, 0.2) is 58.9 Å². The van der Waals surface area contributed by atoms with Gasteiger partial charge in [0, 0.05) is 6.04 Å². The van der Waals surface area contributed by atoms with Gasteiger partial charge in [-0.25, -0.2) is 4.68 Å². The van der Waals surface area contributed by atoms with Crippen LogP contribution in [0.25, 0.3) is 5.69 Å². The zero-order valence-corrected chi connectivity index (χ0v) is 17.2. The molecule has 1 aliphatic carbocycles. The summed E-state index contributed by atoms with van der Waals surface area (Å²) in [5, 5.41) is 7.48. The van der Waals surface area contributed by atoms with Crippen molar-refractivity contribution in [1.29, 1.82) is 0 Å². The molecular formula is C20H19N3OS3. The van der Waals surface area contributed by atoms with Crippen molar-refractivity contribution in [2.45, 2.75) is 35.4 Å². The Hall–Kier alpha value is -1.96. The van der Waals surface area contributed by atoms with E-state index in [1.807, 2.05) is 61.5 Å². The standard InChI is InChI=1S/C20H19N3OS3/c1-13-7-5-6-10-16(13)23-20(25)27-19(22-23)26-17(14-8-3-2-4-9-14)18(24)21-15-11-12-15/h2-10,15,17H,11-12H2,1H3,(H,21,24)/t17-/m1/s1. The van der Waals surface area contributed by atoms with E-state index in [0.29, 0.717) is 10.00 Å². The number of para-hydroxylation sites is 1. The van der Waals surface area contributed by atoms with Crippen molar-refractivity contribution >= 4 is 41.2 Å². The lowest BCUT2D eigenvalue weighted by Crippen LogP contribution is -2.29. The third kappa shape index (κ3) is 4.31. The molecule has 4 rings (SSSR count). The van der Waals surface area contributed by atoms with Gasteiger partial charge in [-0.3, -0.25) is 4.79 Å². The molecular weight excluding hydrogens is 394 g/mol. The maximum atomic E-state index is 12.8. The van der Waals surface area contributed by atoms with Gasteiger partial charge in [0.15, 0.2) is 8.29 Å². The van der Waals surface area contributed by atoms with Crippen LogP contribution in [0.5, 0.6) is 0 Å². The lowest BCUT2D eigenvalue weighted by molar-refractivity contribution is -0.120. The second kappa shape index (κ2) is 7.96. The zero-order valence-electron chi connectivity index (χ0n) is 14.8. The molecule has 1 N–H and O–H groups in total. The Balaban J connectivity index is 1.63. The summed E-state index contributed by atoms with van der Waals surface area (Å²) in [4.78, 5) is 12.8. The first-order valence-electron chi connectivity index (χ1n) is 8.80. The molecule has 27 heavy (non-hydrogen) atoms. The van der Waals surface area contributed by atoms with E-state index in [-0.39, 0.29) is 11.2 Å². The molecule has 1 fully saturated rings. The number of aromatic nitrogens is 2. The van der Waals surface area contributed by atoms with Gasteiger partial charge < -0.3 is 5.32 Å². The fraction of sp³-hybridized carbons (Fsp3) is 0.250. The fourth-order valence-corrected chi connectivity index (χ4v) is 5.32. The number of rotatable bonds is 6. The fourth-order valence-electron chi connectivity index (χ4n) is 2.77. The number of amides is 1. The smallest absolute Gasteiger partial charge is 0.238 e. The van der Waals surface area contributed by atoms with E-state index < -0.39 is 0 Å². The van der Waals surface area contributed by atoms with E-state index in [2.05, 4.69) is 5.32 Å². The van der Waals surface area contributed by atoms with Crippen molar-refractivity contribution in [3.63, 3.8) is 0 Å². The molecule has 0 saturated heterocycles. The van der Waals surface area contributed by atoms with Crippen molar-refractivity contribution < 1.29 is 4.79 Å². The number of nitrogens with zero attached hydrogens (tertiary/aromatic N) is 2. The Morgan fingerprint density at radius 1 is 1.22 bits per heavy atom. The first-order chi connectivity index (χ1) is 13.1. The Bertz CT molecular complexity index is 1010. The molecule has 0 bridgehead atoms. The van der Waals surface area contributed by atoms with Crippen molar-refractivity contribution in [1.82, 2.24) is 15.1 Å². The van der Waals surface area contributed by atoms with Crippen LogP contribution in [-0.2, 0) is 4.79 Å². The maximum Gasteiger partial charge on any atom is 0.238 e. The number of hydrogen-bond donors (Lipinski definition) is 1. The largest absolute Gasteiger partial charge is 0.352 e. The third-order valence-electron chi connectivity index (χ3n) is 4.36. The Labute approximate surface area is 171 Å². The number of benzene rings is 2. The van der Waals surface area contributed by atoms with Gasteiger partial charge in [0.05, 0.1) is 5.69 Å². The minimum absolute atomic E-state index is 0.0391. The highest BCUT2D eigenvalue weighted by atomic mass is 32.2. The van der Waals surface area contributed by atoms with Crippen molar-refractivity contribution in [3.8, 4) is 5.69 Å². The molecule has 7 heteroatoms. The van der Waals surface area contributed by atoms with Crippen LogP contribution in [0.4, 0.5) is 0 Å². The Morgan fingerprint density at radius 2 is 1.93 bits per heavy atom. The molecule has 4 nitrogen and oxygen atoms in total. The first kappa shape index (κ1) is 18.4. The van der Waals surface area contributed by atoms with Crippen LogP contribution in [0.3, 0.4) is 0 Å². The van der Waals surface area contributed by atoms with Crippen LogP contribution >= 0.6 is 35.3 Å². The minimum atomic E-state index is -0.335. The molecule has 0 aliphatic heterocycles. The van der Waals surface area contributed by atoms with Gasteiger partial charge in [0.1, 0.15) is 5.25 Å². The van der Waals surface area contributed by atoms with E-state index in [4.69, 9.17) is 17.3 Å². The number of carbonyl (C=O) groups excluding carboxylic acids is 1. The molecule has 1 atom stereocenters. The van der Waals surface area contributed by atoms with Gasteiger partial charge in [-0.2, -0.15) is 0 Å². The second-order valence-corrected chi connectivity index (χ2v) is 9.50. The monoisotopic (exact) mass is 413 g/mol. The maximum absolute atomic E-state index is 12.8. The number of thioether (sulfide) groups is 1. The minimum Gasteiger partial charge on any atom is -0.352 e. The zero-order chi connectivity index (χ0) is 18.8. The van der Waals surface area contributed by atoms with Gasteiger partial charge >= 0.3 is 0 Å². The molecule has 138 valence electrons. The van der Waals surface area contributed by atoms with E-state index in [0.717, 1.165) is 34.0 Å². The van der Waals surface area contributed by atoms with Gasteiger partial charge in [0.25, 0.3) is 0 Å². The average molecular weight is 414 g/mol. The van der Waals surface area contributed by atoms with E-state index in [1.54, 1.807) is 4.68 Å². The molecule has 0 radical (unpaired) electrons. The summed E-state index contributed by atoms with van der Waals surface area (Å²) in [5.74, 6) is 0.0391. The lowest BCUT2D eigenvalue weighted by Gasteiger charge is -2.15. The number of nitrogens with one attached hydrogen (secondary N) is 1. The number of hydrogen-bond acceptors (Lipinski definition) is 5. The molecule has 0 unspecified atom stereocenters. The van der Waals surface area contributed by atoms with Crippen molar-refractivity contribution in [2.24, 2.45) is 0 Å². The normalized spacial score (nSPS) is 14.7. The SMILES string of the molecule is Cc1ccccc1-n1nc(S[C@@H](C(=O)NC2CC2)c2ccccc2)sc1=S. The van der Waals surface area contributed by atoms with Gasteiger partial charge in [0.2, 0.25) is 5.91 Å². The third-order valence-corrected chi connectivity index (χ3v) is 6.93. The van der Waals surface area contributed by atoms with Crippen LogP contribution in [0.1, 0.15) is 29.2 Å². The Morgan fingerprint density at radius 3 is 2.63 bits per heavy atom. The summed E-state index contributed by atoms with van der Waals surface area (Å²) in [7, 11) is 0. The molecule has 2 aromatic carbocycles. The topological polar surface area (TPSA) is 46.9 Å². The number of carbonyl (C=O) groups is 1. The van der Waals surface area contributed by atoms with Gasteiger partial charge in [-0.1, -0.05) is 71.6 Å². The first-order valence-corrected chi connectivity index (χ1v) is 10.9. The Kier molecular flexibility index (Phi) is 5.43. The van der Waals surface area contributed by atoms with Crippen molar-refractivity contribution in [3.05, 3.63) is 69.7 Å². The highest BCUT2D eigenvalue weighted by molar-refractivity contribution is 8.02. The second-order valence-electron chi connectivity index (χ2n) is 6.52. The summed E-state index contributed by atoms with van der Waals surface area (Å²) < 4.78 is 3.27. The highest BCUT2D eigenvalue weighted by Gasteiger charge is 2.30. The molecule has 1 heterocycles. The molecule has 1 aliphatic rings. The van der Waals surface area contributed by atoms with Gasteiger partial charge in [-0.05, 0) is 49.2 Å². The quantitative estimate of drug-likeness (QED) is 0.452. The lowest BCUT2D eigenvalue weighted by atomic mass is 10.1. The summed E-state index contributed by atoms with van der Waals surface area (Å²) in [6.07, 6.45) is 2.14. The molecule has 1 amide bonds. The van der Waals surface area contributed by atoms with Gasteiger partial charge in [-0.15, -0.1) is 5.10 Å². The molecule has 0 spiro atoms. The predicted molar refractivity (Wildman–Crippen MR) is 113 cm³/mol. The molecule has 1 aromatic heterocycles. The number of aryl methyl sites for hydroxylation is 1. The van der Waals surface area contributed by atoms with Crippen LogP contribution in [0.2, 0.25) is 0 Å². The van der Waals surface area contributed by atoms with E-state index >= 15 is 0 Å². The highest BCUT2D eigenvalue weighted by Crippen LogP contribution is 2.38.